The van der Waals surface area contributed by atoms with Crippen LogP contribution in [0.5, 0.6) is 0 Å². The molecule has 9 nitrogen and oxygen atoms in total. The van der Waals surface area contributed by atoms with Gasteiger partial charge in [0.25, 0.3) is 5.91 Å². The summed E-state index contributed by atoms with van der Waals surface area (Å²) in [6.45, 7) is 4.04. The lowest BCUT2D eigenvalue weighted by molar-refractivity contribution is -0.120. The number of amides is 2. The molecule has 0 radical (unpaired) electrons. The van der Waals surface area contributed by atoms with Crippen molar-refractivity contribution in [2.45, 2.75) is 62.6 Å². The van der Waals surface area contributed by atoms with Crippen LogP contribution in [0.1, 0.15) is 76.5 Å². The predicted molar refractivity (Wildman–Crippen MR) is 150 cm³/mol. The number of anilines is 1. The first-order valence-electron chi connectivity index (χ1n) is 13.9. The lowest BCUT2D eigenvalue weighted by atomic mass is 9.80. The molecule has 2 amide bonds. The van der Waals surface area contributed by atoms with E-state index in [9.17, 15) is 18.4 Å². The number of rotatable bonds is 4. The summed E-state index contributed by atoms with van der Waals surface area (Å²) >= 11 is 0. The Hall–Kier alpha value is -4.51. The number of nitrogens with two attached hydrogens (primary N) is 1. The lowest BCUT2D eigenvalue weighted by Crippen LogP contribution is -2.39. The van der Waals surface area contributed by atoms with Gasteiger partial charge in [-0.15, -0.1) is 0 Å². The van der Waals surface area contributed by atoms with Crippen LogP contribution >= 0.6 is 0 Å². The number of fused-ring (bicyclic) bond motifs is 4. The molecule has 0 bridgehead atoms. The van der Waals surface area contributed by atoms with Gasteiger partial charge in [0.1, 0.15) is 11.6 Å². The molecule has 11 heteroatoms. The van der Waals surface area contributed by atoms with E-state index in [-0.39, 0.29) is 17.4 Å². The third-order valence-corrected chi connectivity index (χ3v) is 8.78. The zero-order chi connectivity index (χ0) is 29.4. The van der Waals surface area contributed by atoms with Gasteiger partial charge in [0.05, 0.1) is 34.4 Å². The van der Waals surface area contributed by atoms with Crippen molar-refractivity contribution in [1.82, 2.24) is 24.8 Å². The van der Waals surface area contributed by atoms with Crippen LogP contribution in [0.2, 0.25) is 0 Å². The van der Waals surface area contributed by atoms with Crippen LogP contribution in [-0.2, 0) is 35.1 Å². The van der Waals surface area contributed by atoms with E-state index in [1.807, 2.05) is 30.5 Å². The highest BCUT2D eigenvalue weighted by atomic mass is 19.2. The summed E-state index contributed by atoms with van der Waals surface area (Å²) in [4.78, 5) is 40.2. The summed E-state index contributed by atoms with van der Waals surface area (Å²) in [6, 6.07) is 9.05. The van der Waals surface area contributed by atoms with E-state index in [4.69, 9.17) is 5.73 Å². The summed E-state index contributed by atoms with van der Waals surface area (Å²) in [5.74, 6) is -1.58. The normalized spacial score (nSPS) is 22.5. The van der Waals surface area contributed by atoms with Crippen LogP contribution in [-0.4, -0.2) is 31.3 Å². The van der Waals surface area contributed by atoms with Crippen molar-refractivity contribution >= 4 is 17.6 Å². The number of benzene rings is 1. The van der Waals surface area contributed by atoms with Crippen molar-refractivity contribution in [2.24, 2.45) is 5.73 Å². The Morgan fingerprint density at radius 3 is 2.79 bits per heavy atom. The number of hydrogen-bond acceptors (Lipinski definition) is 6. The molecule has 2 aliphatic heterocycles. The van der Waals surface area contributed by atoms with E-state index >= 15 is 0 Å². The van der Waals surface area contributed by atoms with Gasteiger partial charge in [0.15, 0.2) is 11.6 Å². The fraction of sp³-hybridized carbons (Fsp3) is 0.323. The number of halogens is 2. The first-order valence-corrected chi connectivity index (χ1v) is 13.9. The van der Waals surface area contributed by atoms with E-state index in [0.717, 1.165) is 28.6 Å². The predicted octanol–water partition coefficient (Wildman–Crippen LogP) is 3.79. The van der Waals surface area contributed by atoms with E-state index in [1.54, 1.807) is 24.5 Å². The summed E-state index contributed by atoms with van der Waals surface area (Å²) in [5, 5.41) is 5.94. The van der Waals surface area contributed by atoms with Gasteiger partial charge >= 0.3 is 0 Å². The molecule has 214 valence electrons. The lowest BCUT2D eigenvalue weighted by Gasteiger charge is -2.34. The van der Waals surface area contributed by atoms with Crippen molar-refractivity contribution < 1.29 is 18.4 Å². The molecule has 1 unspecified atom stereocenters. The monoisotopic (exact) mass is 569 g/mol. The van der Waals surface area contributed by atoms with Crippen molar-refractivity contribution in [3.05, 3.63) is 106 Å². The Bertz CT molecular complexity index is 1780. The largest absolute Gasteiger partial charge is 0.342 e. The van der Waals surface area contributed by atoms with E-state index in [2.05, 4.69) is 25.6 Å². The van der Waals surface area contributed by atoms with Gasteiger partial charge < -0.3 is 20.9 Å². The van der Waals surface area contributed by atoms with E-state index < -0.39 is 34.5 Å². The fourth-order valence-electron chi connectivity index (χ4n) is 6.73. The van der Waals surface area contributed by atoms with Gasteiger partial charge in [-0.3, -0.25) is 14.6 Å². The second-order valence-corrected chi connectivity index (χ2v) is 12.1. The summed E-state index contributed by atoms with van der Waals surface area (Å²) in [5.41, 5.74) is 8.61. The Morgan fingerprint density at radius 2 is 1.98 bits per heavy atom. The summed E-state index contributed by atoms with van der Waals surface area (Å²) < 4.78 is 31.0. The second kappa shape index (κ2) is 9.25. The first kappa shape index (κ1) is 26.4. The van der Waals surface area contributed by atoms with Crippen LogP contribution in [0.25, 0.3) is 0 Å². The van der Waals surface area contributed by atoms with Crippen molar-refractivity contribution in [3.8, 4) is 0 Å². The third kappa shape index (κ3) is 4.02. The van der Waals surface area contributed by atoms with Crippen LogP contribution in [0.3, 0.4) is 0 Å². The van der Waals surface area contributed by atoms with Gasteiger partial charge in [-0.1, -0.05) is 18.2 Å². The number of aromatic nitrogens is 4. The number of hydrogen-bond donors (Lipinski definition) is 3. The number of carbonyl (C=O) groups is 2. The Morgan fingerprint density at radius 1 is 1.14 bits per heavy atom. The molecule has 1 spiro atoms. The highest BCUT2D eigenvalue weighted by Crippen LogP contribution is 2.46. The molecule has 0 fully saturated rings. The second-order valence-electron chi connectivity index (χ2n) is 12.1. The minimum absolute atomic E-state index is 0.122. The molecule has 1 aromatic carbocycles. The number of nitrogens with one attached hydrogen (secondary N) is 2. The van der Waals surface area contributed by atoms with Crippen molar-refractivity contribution in [1.29, 1.82) is 0 Å². The van der Waals surface area contributed by atoms with Gasteiger partial charge in [0, 0.05) is 42.5 Å². The highest BCUT2D eigenvalue weighted by Gasteiger charge is 2.51. The van der Waals surface area contributed by atoms with Crippen molar-refractivity contribution in [3.63, 3.8) is 0 Å². The average Bonchev–Trinajstić information content (AvgIpc) is 3.64. The van der Waals surface area contributed by atoms with Crippen molar-refractivity contribution in [2.75, 3.05) is 5.32 Å². The molecule has 0 saturated carbocycles. The maximum atomic E-state index is 14.9. The van der Waals surface area contributed by atoms with Crippen LogP contribution < -0.4 is 16.4 Å². The molecule has 3 aromatic heterocycles. The average molecular weight is 570 g/mol. The topological polar surface area (TPSA) is 128 Å². The van der Waals surface area contributed by atoms with Gasteiger partial charge in [-0.05, 0) is 56.0 Å². The fourth-order valence-corrected chi connectivity index (χ4v) is 6.73. The Balaban J connectivity index is 1.19. The first-order chi connectivity index (χ1) is 20.0. The van der Waals surface area contributed by atoms with Crippen LogP contribution in [0.15, 0.2) is 55.0 Å². The summed E-state index contributed by atoms with van der Waals surface area (Å²) in [7, 11) is 0. The molecule has 7 rings (SSSR count). The van der Waals surface area contributed by atoms with Gasteiger partial charge in [-0.25, -0.2) is 18.7 Å². The minimum atomic E-state index is -0.916. The molecular weight excluding hydrogens is 540 g/mol. The zero-order valence-electron chi connectivity index (χ0n) is 23.1. The molecule has 4 N–H and O–H groups in total. The highest BCUT2D eigenvalue weighted by molar-refractivity contribution is 6.06. The standard InChI is InChI=1S/C31H29F2N7O2/c1-30(2,34)24-14-37-27-22(10-18(15-40(24)27)19-5-3-7-21(32)25(19)33)38-28(41)17-9-16-11-31(12-23(16)36-13-17)20-6-4-8-35-26(20)39-29(31)42/h3-9,13-14,18,22H,10-12,15,34H2,1-2H3,(H,38,41)(H,35,39,42)/t18-,22+,31?/m1/s1. The minimum Gasteiger partial charge on any atom is -0.342 e. The number of pyridine rings is 2. The molecule has 0 saturated heterocycles. The van der Waals surface area contributed by atoms with Gasteiger partial charge in [0.2, 0.25) is 5.91 Å². The Labute approximate surface area is 240 Å². The van der Waals surface area contributed by atoms with E-state index in [0.29, 0.717) is 43.0 Å². The smallest absolute Gasteiger partial charge is 0.253 e. The molecule has 3 atom stereocenters. The Kier molecular flexibility index (Phi) is 5.81. The quantitative estimate of drug-likeness (QED) is 0.343. The molecule has 3 aliphatic rings. The molecular formula is C31H29F2N7O2. The van der Waals surface area contributed by atoms with Crippen LogP contribution in [0.4, 0.5) is 14.6 Å². The molecule has 4 aromatic rings. The molecule has 5 heterocycles. The summed E-state index contributed by atoms with van der Waals surface area (Å²) in [6.07, 6.45) is 5.98. The van der Waals surface area contributed by atoms with Gasteiger partial charge in [-0.2, -0.15) is 0 Å². The number of nitrogens with zero attached hydrogens (tertiary/aromatic N) is 4. The zero-order valence-corrected chi connectivity index (χ0v) is 23.1. The maximum absolute atomic E-state index is 14.9. The number of carbonyl (C=O) groups excluding carboxylic acids is 2. The number of imidazole rings is 1. The van der Waals surface area contributed by atoms with Crippen LogP contribution in [0, 0.1) is 11.6 Å². The molecule has 1 aliphatic carbocycles. The molecule has 42 heavy (non-hydrogen) atoms. The maximum Gasteiger partial charge on any atom is 0.253 e. The van der Waals surface area contributed by atoms with E-state index in [1.165, 1.54) is 12.3 Å². The third-order valence-electron chi connectivity index (χ3n) is 8.78. The SMILES string of the molecule is CC(C)(N)c1cnc2n1C[C@H](c1cccc(F)c1F)C[C@@H]2NC(=O)c1cnc2c(c1)CC1(C2)C(=O)Nc2ncccc21.